The second-order valence-corrected chi connectivity index (χ2v) is 5.95. The molecule has 1 aromatic rings. The summed E-state index contributed by atoms with van der Waals surface area (Å²) in [4.78, 5) is 0.0538. The van der Waals surface area contributed by atoms with Crippen molar-refractivity contribution in [3.05, 3.63) is 29.8 Å². The fourth-order valence-corrected chi connectivity index (χ4v) is 3.46. The maximum absolute atomic E-state index is 12.2. The molecule has 6 heteroatoms. The van der Waals surface area contributed by atoms with E-state index in [1.165, 1.54) is 12.1 Å². The van der Waals surface area contributed by atoms with Crippen molar-refractivity contribution in [3.63, 3.8) is 0 Å². The topological polar surface area (TPSA) is 82.0 Å². The van der Waals surface area contributed by atoms with Gasteiger partial charge in [-0.1, -0.05) is 12.1 Å². The molecule has 2 N–H and O–H groups in total. The molecule has 96 valence electrons. The number of nitriles is 1. The lowest BCUT2D eigenvalue weighted by Gasteiger charge is -2.23. The Hall–Kier alpha value is -1.42. The third-order valence-corrected chi connectivity index (χ3v) is 4.49. The second kappa shape index (κ2) is 5.48. The SMILES string of the molecule is N#Cc1ccccc1S(=O)(=O)N[C@H]1CCCNC1. The summed E-state index contributed by atoms with van der Waals surface area (Å²) in [5.74, 6) is 0. The van der Waals surface area contributed by atoms with Crippen LogP contribution in [0.3, 0.4) is 0 Å². The third-order valence-electron chi connectivity index (χ3n) is 2.92. The highest BCUT2D eigenvalue weighted by atomic mass is 32.2. The van der Waals surface area contributed by atoms with Crippen molar-refractivity contribution in [3.8, 4) is 6.07 Å². The number of nitrogens with one attached hydrogen (secondary N) is 2. The fourth-order valence-electron chi connectivity index (χ4n) is 2.03. The largest absolute Gasteiger partial charge is 0.315 e. The van der Waals surface area contributed by atoms with Crippen LogP contribution in [0, 0.1) is 11.3 Å². The van der Waals surface area contributed by atoms with Crippen molar-refractivity contribution >= 4 is 10.0 Å². The molecule has 18 heavy (non-hydrogen) atoms. The molecule has 0 saturated carbocycles. The van der Waals surface area contributed by atoms with Crippen molar-refractivity contribution in [2.75, 3.05) is 13.1 Å². The first-order chi connectivity index (χ1) is 8.63. The molecule has 0 aromatic heterocycles. The Morgan fingerprint density at radius 3 is 2.83 bits per heavy atom. The highest BCUT2D eigenvalue weighted by molar-refractivity contribution is 7.89. The Kier molecular flexibility index (Phi) is 3.97. The average Bonchev–Trinajstić information content (AvgIpc) is 2.39. The molecule has 0 amide bonds. The number of hydrogen-bond acceptors (Lipinski definition) is 4. The van der Waals surface area contributed by atoms with Gasteiger partial charge in [-0.25, -0.2) is 13.1 Å². The first-order valence-corrected chi connectivity index (χ1v) is 7.34. The predicted molar refractivity (Wildman–Crippen MR) is 67.4 cm³/mol. The number of rotatable bonds is 3. The van der Waals surface area contributed by atoms with E-state index in [2.05, 4.69) is 10.0 Å². The maximum Gasteiger partial charge on any atom is 0.242 e. The van der Waals surface area contributed by atoms with Crippen molar-refractivity contribution < 1.29 is 8.42 Å². The molecule has 1 heterocycles. The minimum absolute atomic E-state index is 0.0538. The van der Waals surface area contributed by atoms with E-state index in [1.807, 2.05) is 6.07 Å². The fraction of sp³-hybridized carbons (Fsp3) is 0.417. The summed E-state index contributed by atoms with van der Waals surface area (Å²) >= 11 is 0. The van der Waals surface area contributed by atoms with Crippen molar-refractivity contribution in [1.82, 2.24) is 10.0 Å². The molecule has 1 saturated heterocycles. The summed E-state index contributed by atoms with van der Waals surface area (Å²) in [6, 6.07) is 8.04. The van der Waals surface area contributed by atoms with Crippen LogP contribution in [0.2, 0.25) is 0 Å². The van der Waals surface area contributed by atoms with E-state index in [4.69, 9.17) is 5.26 Å². The Morgan fingerprint density at radius 2 is 2.17 bits per heavy atom. The van der Waals surface area contributed by atoms with Gasteiger partial charge in [0.1, 0.15) is 6.07 Å². The van der Waals surface area contributed by atoms with Crippen molar-refractivity contribution in [1.29, 1.82) is 5.26 Å². The zero-order valence-electron chi connectivity index (χ0n) is 9.89. The quantitative estimate of drug-likeness (QED) is 0.838. The van der Waals surface area contributed by atoms with Crippen LogP contribution >= 0.6 is 0 Å². The molecule has 5 nitrogen and oxygen atoms in total. The number of sulfonamides is 1. The molecule has 0 radical (unpaired) electrons. The first-order valence-electron chi connectivity index (χ1n) is 5.85. The van der Waals surface area contributed by atoms with Gasteiger partial charge >= 0.3 is 0 Å². The third kappa shape index (κ3) is 2.88. The molecule has 0 spiro atoms. The van der Waals surface area contributed by atoms with E-state index >= 15 is 0 Å². The van der Waals surface area contributed by atoms with Crippen molar-refractivity contribution in [2.24, 2.45) is 0 Å². The summed E-state index contributed by atoms with van der Waals surface area (Å²) in [5, 5.41) is 12.1. The van der Waals surface area contributed by atoms with Gasteiger partial charge in [0.2, 0.25) is 10.0 Å². The molecule has 1 aliphatic heterocycles. The zero-order chi connectivity index (χ0) is 13.0. The van der Waals surface area contributed by atoms with Crippen LogP contribution in [0.1, 0.15) is 18.4 Å². The maximum atomic E-state index is 12.2. The van der Waals surface area contributed by atoms with Crippen LogP contribution in [0.4, 0.5) is 0 Å². The summed E-state index contributed by atoms with van der Waals surface area (Å²) in [7, 11) is -3.62. The lowest BCUT2D eigenvalue weighted by molar-refractivity contribution is 0.428. The van der Waals surface area contributed by atoms with Gasteiger partial charge in [0.05, 0.1) is 10.5 Å². The summed E-state index contributed by atoms with van der Waals surface area (Å²) in [5.41, 5.74) is 0.175. The van der Waals surface area contributed by atoms with Gasteiger partial charge in [-0.3, -0.25) is 0 Å². The van der Waals surface area contributed by atoms with Crippen LogP contribution in [0.25, 0.3) is 0 Å². The van der Waals surface area contributed by atoms with Gasteiger partial charge in [-0.2, -0.15) is 5.26 Å². The smallest absolute Gasteiger partial charge is 0.242 e. The van der Waals surface area contributed by atoms with Gasteiger partial charge in [0, 0.05) is 12.6 Å². The molecule has 1 fully saturated rings. The molecule has 0 aliphatic carbocycles. The highest BCUT2D eigenvalue weighted by Crippen LogP contribution is 2.15. The predicted octanol–water partition coefficient (Wildman–Crippen LogP) is 0.589. The number of hydrogen-bond donors (Lipinski definition) is 2. The van der Waals surface area contributed by atoms with Crippen LogP contribution in [-0.4, -0.2) is 27.5 Å². The van der Waals surface area contributed by atoms with Gasteiger partial charge in [-0.15, -0.1) is 0 Å². The van der Waals surface area contributed by atoms with Crippen LogP contribution in [-0.2, 0) is 10.0 Å². The van der Waals surface area contributed by atoms with E-state index < -0.39 is 10.0 Å². The molecule has 0 bridgehead atoms. The highest BCUT2D eigenvalue weighted by Gasteiger charge is 2.23. The lowest BCUT2D eigenvalue weighted by atomic mass is 10.1. The standard InChI is InChI=1S/C12H15N3O2S/c13-8-10-4-1-2-6-12(10)18(16,17)15-11-5-3-7-14-9-11/h1-2,4,6,11,14-15H,3,5,7,9H2/t11-/m0/s1. The molecule has 1 atom stereocenters. The average molecular weight is 265 g/mol. The molecule has 1 aromatic carbocycles. The van der Waals surface area contributed by atoms with Crippen LogP contribution in [0.15, 0.2) is 29.2 Å². The van der Waals surface area contributed by atoms with Gasteiger partial charge < -0.3 is 5.32 Å². The summed E-state index contributed by atoms with van der Waals surface area (Å²) in [6.45, 7) is 1.56. The number of benzene rings is 1. The zero-order valence-corrected chi connectivity index (χ0v) is 10.7. The van der Waals surface area contributed by atoms with Gasteiger partial charge in [-0.05, 0) is 31.5 Å². The Balaban J connectivity index is 2.22. The Morgan fingerprint density at radius 1 is 1.39 bits per heavy atom. The number of nitrogens with zero attached hydrogens (tertiary/aromatic N) is 1. The van der Waals surface area contributed by atoms with E-state index in [0.29, 0.717) is 6.54 Å². The summed E-state index contributed by atoms with van der Waals surface area (Å²) < 4.78 is 27.0. The molecule has 2 rings (SSSR count). The minimum atomic E-state index is -3.62. The first kappa shape index (κ1) is 13.0. The monoisotopic (exact) mass is 265 g/mol. The van der Waals surface area contributed by atoms with Crippen molar-refractivity contribution in [2.45, 2.75) is 23.8 Å². The number of piperidine rings is 1. The Labute approximate surface area is 107 Å². The molecule has 1 aliphatic rings. The van der Waals surface area contributed by atoms with E-state index in [9.17, 15) is 8.42 Å². The Bertz CT molecular complexity index is 557. The lowest BCUT2D eigenvalue weighted by Crippen LogP contribution is -2.45. The van der Waals surface area contributed by atoms with Gasteiger partial charge in [0.25, 0.3) is 0 Å². The molecular weight excluding hydrogens is 250 g/mol. The minimum Gasteiger partial charge on any atom is -0.315 e. The van der Waals surface area contributed by atoms with E-state index in [1.54, 1.807) is 12.1 Å². The molecular formula is C12H15N3O2S. The normalized spacial score (nSPS) is 20.3. The van der Waals surface area contributed by atoms with Gasteiger partial charge in [0.15, 0.2) is 0 Å². The second-order valence-electron chi connectivity index (χ2n) is 4.27. The summed E-state index contributed by atoms with van der Waals surface area (Å²) in [6.07, 6.45) is 1.77. The van der Waals surface area contributed by atoms with Crippen LogP contribution < -0.4 is 10.0 Å². The van der Waals surface area contributed by atoms with E-state index in [-0.39, 0.29) is 16.5 Å². The molecule has 0 unspecified atom stereocenters. The van der Waals surface area contributed by atoms with Crippen LogP contribution in [0.5, 0.6) is 0 Å². The van der Waals surface area contributed by atoms with E-state index in [0.717, 1.165) is 19.4 Å².